The number of carbonyl (C=O) groups is 2. The van der Waals surface area contributed by atoms with Crippen LogP contribution in [0.5, 0.6) is 0 Å². The zero-order valence-corrected chi connectivity index (χ0v) is 17.7. The highest BCUT2D eigenvalue weighted by Crippen LogP contribution is 2.64. The summed E-state index contributed by atoms with van der Waals surface area (Å²) in [5.74, 6) is -61.4. The molecule has 0 aliphatic carbocycles. The number of hydrogen-bond donors (Lipinski definition) is 2. The van der Waals surface area contributed by atoms with Gasteiger partial charge in [0.15, 0.2) is 0 Å². The Morgan fingerprint density at radius 1 is 0.622 bits per heavy atom. The molecule has 37 heavy (non-hydrogen) atoms. The Morgan fingerprint density at radius 3 is 1.38 bits per heavy atom. The highest BCUT2D eigenvalue weighted by atomic mass is 32.2. The van der Waals surface area contributed by atoms with Crippen molar-refractivity contribution in [1.82, 2.24) is 4.89 Å². The Balaban J connectivity index is 5.81. The molecular weight excluding hydrogens is 601 g/mol. The van der Waals surface area contributed by atoms with Gasteiger partial charge in [0.1, 0.15) is 0 Å². The molecule has 0 aromatic heterocycles. The maximum absolute atomic E-state index is 13.6. The molecule has 2 N–H and O–H groups in total. The zero-order valence-electron chi connectivity index (χ0n) is 16.8. The van der Waals surface area contributed by atoms with Crippen LogP contribution in [0.2, 0.25) is 0 Å². The molecule has 0 bridgehead atoms. The standard InChI is InChI=1S/C14H10F17NO4S/c15-7(16,3-4-37-32-36-6(35)2-1-5(33)34)8(17,18)9(19,20)10(21,22)11(23,24)12(25,26)13(27,28)14(29,30)31/h32H,1-4H2,(H,33,34). The Bertz CT molecular complexity index is 829. The summed E-state index contributed by atoms with van der Waals surface area (Å²) >= 11 is -0.386. The molecule has 0 fully saturated rings. The van der Waals surface area contributed by atoms with E-state index in [1.165, 1.54) is 4.89 Å². The van der Waals surface area contributed by atoms with Crippen LogP contribution < -0.4 is 4.89 Å². The molecule has 0 heterocycles. The average molecular weight is 611 g/mol. The van der Waals surface area contributed by atoms with Crippen LogP contribution in [0.1, 0.15) is 19.3 Å². The smallest absolute Gasteiger partial charge is 0.460 e. The number of rotatable bonds is 14. The first-order valence-electron chi connectivity index (χ1n) is 8.56. The second-order valence-electron chi connectivity index (χ2n) is 6.70. The van der Waals surface area contributed by atoms with Gasteiger partial charge in [0.05, 0.1) is 12.8 Å². The van der Waals surface area contributed by atoms with Crippen molar-refractivity contribution < 1.29 is 94.2 Å². The van der Waals surface area contributed by atoms with E-state index in [1.807, 2.05) is 0 Å². The highest BCUT2D eigenvalue weighted by molar-refractivity contribution is 7.97. The van der Waals surface area contributed by atoms with E-state index in [4.69, 9.17) is 5.11 Å². The minimum atomic E-state index is -8.69. The first-order chi connectivity index (χ1) is 16.1. The molecule has 0 aliphatic heterocycles. The van der Waals surface area contributed by atoms with E-state index in [-0.39, 0.29) is 11.9 Å². The van der Waals surface area contributed by atoms with Crippen molar-refractivity contribution in [3.05, 3.63) is 0 Å². The van der Waals surface area contributed by atoms with Crippen LogP contribution in [-0.4, -0.2) is 70.4 Å². The molecule has 0 radical (unpaired) electrons. The zero-order chi connectivity index (χ0) is 30.1. The second kappa shape index (κ2) is 10.7. The normalized spacial score (nSPS) is 15.1. The van der Waals surface area contributed by atoms with Gasteiger partial charge in [0.2, 0.25) is 0 Å². The van der Waals surface area contributed by atoms with Crippen LogP contribution in [0.3, 0.4) is 0 Å². The maximum Gasteiger partial charge on any atom is 0.460 e. The lowest BCUT2D eigenvalue weighted by molar-refractivity contribution is -0.461. The molecule has 0 saturated carbocycles. The summed E-state index contributed by atoms with van der Waals surface area (Å²) in [4.78, 5) is 26.4. The van der Waals surface area contributed by atoms with Crippen molar-refractivity contribution >= 4 is 23.9 Å². The summed E-state index contributed by atoms with van der Waals surface area (Å²) in [6, 6.07) is 0. The molecule has 0 rings (SSSR count). The molecule has 0 spiro atoms. The molecule has 5 nitrogen and oxygen atoms in total. The lowest BCUT2D eigenvalue weighted by Crippen LogP contribution is -2.74. The van der Waals surface area contributed by atoms with E-state index in [0.717, 1.165) is 0 Å². The van der Waals surface area contributed by atoms with Crippen molar-refractivity contribution in [3.8, 4) is 0 Å². The fourth-order valence-electron chi connectivity index (χ4n) is 1.91. The molecular formula is C14H10F17NO4S. The van der Waals surface area contributed by atoms with E-state index in [9.17, 15) is 84.2 Å². The molecule has 0 aromatic rings. The number of aliphatic carboxylic acids is 1. The number of hydrogen-bond acceptors (Lipinski definition) is 5. The number of halogens is 17. The molecule has 0 aromatic carbocycles. The van der Waals surface area contributed by atoms with Gasteiger partial charge >= 0.3 is 59.6 Å². The van der Waals surface area contributed by atoms with E-state index < -0.39 is 84.6 Å². The first kappa shape index (κ1) is 35.1. The van der Waals surface area contributed by atoms with Gasteiger partial charge in [-0.05, 0) is 11.9 Å². The molecule has 23 heteroatoms. The van der Waals surface area contributed by atoms with E-state index in [1.54, 1.807) is 0 Å². The van der Waals surface area contributed by atoms with E-state index >= 15 is 0 Å². The van der Waals surface area contributed by atoms with Gasteiger partial charge in [0, 0.05) is 12.2 Å². The summed E-state index contributed by atoms with van der Waals surface area (Å²) in [5, 5.41) is 8.25. The maximum atomic E-state index is 13.6. The number of alkyl halides is 17. The Morgan fingerprint density at radius 2 is 1.00 bits per heavy atom. The summed E-state index contributed by atoms with van der Waals surface area (Å²) in [7, 11) is 0. The van der Waals surface area contributed by atoms with Crippen LogP contribution in [0.15, 0.2) is 0 Å². The molecule has 0 aliphatic rings. The van der Waals surface area contributed by atoms with Crippen molar-refractivity contribution in [3.63, 3.8) is 0 Å². The van der Waals surface area contributed by atoms with Gasteiger partial charge in [-0.2, -0.15) is 74.6 Å². The minimum absolute atomic E-state index is 0.386. The molecule has 0 saturated heterocycles. The molecule has 0 unspecified atom stereocenters. The van der Waals surface area contributed by atoms with Crippen molar-refractivity contribution in [2.45, 2.75) is 66.9 Å². The van der Waals surface area contributed by atoms with Gasteiger partial charge < -0.3 is 9.94 Å². The van der Waals surface area contributed by atoms with Crippen molar-refractivity contribution in [2.75, 3.05) is 5.75 Å². The van der Waals surface area contributed by atoms with Crippen LogP contribution >= 0.6 is 11.9 Å². The lowest BCUT2D eigenvalue weighted by atomic mass is 9.88. The van der Waals surface area contributed by atoms with Crippen molar-refractivity contribution in [2.24, 2.45) is 0 Å². The average Bonchev–Trinajstić information content (AvgIpc) is 2.70. The van der Waals surface area contributed by atoms with Gasteiger partial charge in [-0.1, -0.05) is 4.89 Å². The quantitative estimate of drug-likeness (QED) is 0.110. The Labute approximate surface area is 196 Å². The Kier molecular flexibility index (Phi) is 10.1. The number of carbonyl (C=O) groups excluding carboxylic acids is 1. The highest BCUT2D eigenvalue weighted by Gasteiger charge is 2.95. The number of nitrogens with one attached hydrogen (secondary N) is 1. The third-order valence-corrected chi connectivity index (χ3v) is 4.67. The van der Waals surface area contributed by atoms with Gasteiger partial charge in [-0.25, -0.2) is 0 Å². The third kappa shape index (κ3) is 6.21. The van der Waals surface area contributed by atoms with Crippen molar-refractivity contribution in [1.29, 1.82) is 0 Å². The first-order valence-corrected chi connectivity index (χ1v) is 9.54. The van der Waals surface area contributed by atoms with Crippen LogP contribution in [0.4, 0.5) is 74.6 Å². The van der Waals surface area contributed by atoms with Gasteiger partial charge in [-0.3, -0.25) is 9.59 Å². The summed E-state index contributed by atoms with van der Waals surface area (Å²) in [5.41, 5.74) is 0. The topological polar surface area (TPSA) is 75.6 Å². The number of carboxylic acid groups (broad SMARTS) is 1. The van der Waals surface area contributed by atoms with Crippen LogP contribution in [-0.2, 0) is 14.4 Å². The third-order valence-electron chi connectivity index (χ3n) is 4.06. The molecule has 0 atom stereocenters. The minimum Gasteiger partial charge on any atom is -0.481 e. The number of carboxylic acids is 1. The predicted molar refractivity (Wildman–Crippen MR) is 83.9 cm³/mol. The lowest BCUT2D eigenvalue weighted by Gasteiger charge is -2.42. The summed E-state index contributed by atoms with van der Waals surface area (Å²) in [6.45, 7) is 0. The summed E-state index contributed by atoms with van der Waals surface area (Å²) in [6.07, 6.45) is -12.2. The fraction of sp³-hybridized carbons (Fsp3) is 0.857. The largest absolute Gasteiger partial charge is 0.481 e. The SMILES string of the molecule is O=C(O)CCC(=O)ONSCCC(F)(F)C(F)(F)C(F)(F)C(F)(F)C(F)(F)C(F)(F)C(F)(F)C(F)(F)F. The summed E-state index contributed by atoms with van der Waals surface area (Å²) < 4.78 is 223. The van der Waals surface area contributed by atoms with Gasteiger partial charge in [-0.15, -0.1) is 0 Å². The Hall–Kier alpha value is -1.94. The predicted octanol–water partition coefficient (Wildman–Crippen LogP) is 5.95. The van der Waals surface area contributed by atoms with Gasteiger partial charge in [0.25, 0.3) is 0 Å². The van der Waals surface area contributed by atoms with Crippen LogP contribution in [0.25, 0.3) is 0 Å². The fourth-order valence-corrected chi connectivity index (χ4v) is 2.50. The molecule has 0 amide bonds. The molecule has 220 valence electrons. The second-order valence-corrected chi connectivity index (χ2v) is 7.56. The van der Waals surface area contributed by atoms with E-state index in [2.05, 4.69) is 4.84 Å². The van der Waals surface area contributed by atoms with Crippen LogP contribution in [0, 0.1) is 0 Å². The van der Waals surface area contributed by atoms with E-state index in [0.29, 0.717) is 0 Å². The monoisotopic (exact) mass is 611 g/mol.